The van der Waals surface area contributed by atoms with Crippen molar-refractivity contribution >= 4 is 17.8 Å². The van der Waals surface area contributed by atoms with Gasteiger partial charge in [0.15, 0.2) is 17.5 Å². The van der Waals surface area contributed by atoms with Gasteiger partial charge in [0, 0.05) is 31.6 Å². The van der Waals surface area contributed by atoms with Crippen molar-refractivity contribution in [3.05, 3.63) is 106 Å². The monoisotopic (exact) mass is 737 g/mol. The number of alkyl halides is 3. The Labute approximate surface area is 292 Å². The molecule has 52 heavy (non-hydrogen) atoms. The van der Waals surface area contributed by atoms with E-state index in [1.54, 1.807) is 48.5 Å². The van der Waals surface area contributed by atoms with E-state index in [1.165, 1.54) is 4.90 Å². The average Bonchev–Trinajstić information content (AvgIpc) is 3.51. The number of fused-ring (bicyclic) bond motifs is 1. The van der Waals surface area contributed by atoms with Crippen molar-refractivity contribution in [3.8, 4) is 11.5 Å². The fraction of sp³-hybridized carbons (Fsp3) is 0.324. The first-order valence-corrected chi connectivity index (χ1v) is 15.5. The number of benzene rings is 3. The zero-order chi connectivity index (χ0) is 38.3. The summed E-state index contributed by atoms with van der Waals surface area (Å²) in [4.78, 5) is 36.6. The van der Waals surface area contributed by atoms with Crippen LogP contribution in [0.25, 0.3) is 0 Å². The molecule has 12 nitrogen and oxygen atoms in total. The van der Waals surface area contributed by atoms with Crippen LogP contribution in [-0.2, 0) is 40.1 Å². The number of nitrogens with two attached hydrogens (primary N) is 1. The Morgan fingerprint density at radius 1 is 0.808 bits per heavy atom. The number of carbonyl (C=O) groups is 3. The summed E-state index contributed by atoms with van der Waals surface area (Å²) < 4.78 is 90.0. The summed E-state index contributed by atoms with van der Waals surface area (Å²) >= 11 is 0. The molecule has 1 aromatic heterocycles. The Morgan fingerprint density at radius 3 is 1.79 bits per heavy atom. The predicted molar refractivity (Wildman–Crippen MR) is 170 cm³/mol. The van der Waals surface area contributed by atoms with Gasteiger partial charge >= 0.3 is 18.1 Å². The maximum atomic E-state index is 13.7. The molecule has 18 heteroatoms. The molecule has 1 amide bonds. The first kappa shape index (κ1) is 39.1. The summed E-state index contributed by atoms with van der Waals surface area (Å²) in [5.74, 6) is -7.48. The quantitative estimate of drug-likeness (QED) is 0.145. The first-order valence-electron chi connectivity index (χ1n) is 15.5. The molecule has 0 fully saturated rings. The summed E-state index contributed by atoms with van der Waals surface area (Å²) in [5, 5.41) is 25.3. The lowest BCUT2D eigenvalue weighted by atomic mass is 10.0. The van der Waals surface area contributed by atoms with Gasteiger partial charge in [-0.05, 0) is 56.2 Å². The van der Waals surface area contributed by atoms with Gasteiger partial charge in [-0.25, -0.2) is 22.8 Å². The van der Waals surface area contributed by atoms with Crippen LogP contribution in [0.3, 0.4) is 0 Å². The van der Waals surface area contributed by atoms with Crippen LogP contribution < -0.4 is 15.2 Å². The van der Waals surface area contributed by atoms with Gasteiger partial charge in [0.25, 0.3) is 0 Å². The zero-order valence-electron chi connectivity index (χ0n) is 27.6. The number of aliphatic carboxylic acids is 2. The molecule has 0 saturated heterocycles. The van der Waals surface area contributed by atoms with Crippen molar-refractivity contribution in [1.82, 2.24) is 19.7 Å². The lowest BCUT2D eigenvalue weighted by Gasteiger charge is -2.29. The van der Waals surface area contributed by atoms with E-state index < -0.39 is 65.5 Å². The molecule has 4 aromatic rings. The number of aromatic nitrogens is 3. The minimum atomic E-state index is -4.64. The van der Waals surface area contributed by atoms with Gasteiger partial charge in [-0.3, -0.25) is 4.79 Å². The molecule has 0 unspecified atom stereocenters. The van der Waals surface area contributed by atoms with Crippen LogP contribution >= 0.6 is 0 Å². The number of nitrogens with zero attached hydrogens (tertiary/aromatic N) is 4. The standard InChI is InChI=1S/C18H18O6.C16H15F6N5O/c1-11-3-7-13(8-4-11)23-15(17(19)20)16(18(21)22)24-14-9-5-12(2)6-10-14;17-10-6-12(19)11(18)4-8(10)3-9(23)5-14(28)26-1-2-27-13(7-26)24-25-15(27)16(20,21)22/h3-10,15-16H,1-2H3,(H,19,20)(H,21,22);4,6,9H,1-3,5,7,23H2/t15-,16-;9-/m11/s1. The van der Waals surface area contributed by atoms with Gasteiger partial charge in [-0.1, -0.05) is 35.4 Å². The summed E-state index contributed by atoms with van der Waals surface area (Å²) in [6.07, 6.45) is -8.48. The highest BCUT2D eigenvalue weighted by Gasteiger charge is 2.40. The number of aryl methyl sites for hydroxylation is 2. The van der Waals surface area contributed by atoms with E-state index in [1.807, 2.05) is 13.8 Å². The van der Waals surface area contributed by atoms with E-state index in [2.05, 4.69) is 10.2 Å². The lowest BCUT2D eigenvalue weighted by Crippen LogP contribution is -2.47. The molecule has 278 valence electrons. The van der Waals surface area contributed by atoms with Crippen LogP contribution in [0.4, 0.5) is 26.3 Å². The number of halogens is 6. The molecule has 0 radical (unpaired) electrons. The van der Waals surface area contributed by atoms with Crippen molar-refractivity contribution in [2.45, 2.75) is 64.2 Å². The Hall–Kier alpha value is -5.65. The van der Waals surface area contributed by atoms with Crippen molar-refractivity contribution in [2.75, 3.05) is 6.54 Å². The molecule has 0 spiro atoms. The predicted octanol–water partition coefficient (Wildman–Crippen LogP) is 4.68. The molecule has 1 aliphatic rings. The number of carbonyl (C=O) groups excluding carboxylic acids is 1. The highest BCUT2D eigenvalue weighted by molar-refractivity contribution is 5.84. The van der Waals surface area contributed by atoms with Crippen LogP contribution in [0.2, 0.25) is 0 Å². The number of ether oxygens (including phenoxy) is 2. The summed E-state index contributed by atoms with van der Waals surface area (Å²) in [6, 6.07) is 13.5. The van der Waals surface area contributed by atoms with Crippen LogP contribution in [-0.4, -0.2) is 72.5 Å². The molecule has 2 heterocycles. The fourth-order valence-corrected chi connectivity index (χ4v) is 5.02. The van der Waals surface area contributed by atoms with E-state index >= 15 is 0 Å². The summed E-state index contributed by atoms with van der Waals surface area (Å²) in [5.41, 5.74) is 7.58. The Morgan fingerprint density at radius 2 is 1.31 bits per heavy atom. The van der Waals surface area contributed by atoms with Gasteiger partial charge in [0.2, 0.25) is 23.9 Å². The number of amides is 1. The Balaban J connectivity index is 0.000000236. The van der Waals surface area contributed by atoms with E-state index in [0.717, 1.165) is 15.7 Å². The number of hydrogen-bond acceptors (Lipinski definition) is 8. The Kier molecular flexibility index (Phi) is 12.5. The third-order valence-electron chi connectivity index (χ3n) is 7.70. The normalized spacial score (nSPS) is 14.3. The van der Waals surface area contributed by atoms with Crippen molar-refractivity contribution in [1.29, 1.82) is 0 Å². The van der Waals surface area contributed by atoms with Crippen molar-refractivity contribution in [3.63, 3.8) is 0 Å². The minimum Gasteiger partial charge on any atom is -0.478 e. The second-order valence-electron chi connectivity index (χ2n) is 11.8. The van der Waals surface area contributed by atoms with E-state index in [4.69, 9.17) is 15.2 Å². The molecular weight excluding hydrogens is 704 g/mol. The molecule has 4 N–H and O–H groups in total. The number of hydrogen-bond donors (Lipinski definition) is 3. The first-order chi connectivity index (χ1) is 24.4. The lowest BCUT2D eigenvalue weighted by molar-refractivity contribution is -0.161. The molecule has 0 saturated carbocycles. The largest absolute Gasteiger partial charge is 0.478 e. The van der Waals surface area contributed by atoms with Gasteiger partial charge in [0.1, 0.15) is 17.3 Å². The molecule has 3 aromatic carbocycles. The summed E-state index contributed by atoms with van der Waals surface area (Å²) in [6.45, 7) is 3.45. The van der Waals surface area contributed by atoms with Crippen LogP contribution in [0, 0.1) is 31.3 Å². The highest BCUT2D eigenvalue weighted by Crippen LogP contribution is 2.29. The second kappa shape index (κ2) is 16.6. The van der Waals surface area contributed by atoms with Gasteiger partial charge < -0.3 is 34.9 Å². The molecular formula is C34H33F6N5O7. The topological polar surface area (TPSA) is 170 Å². The van der Waals surface area contributed by atoms with E-state index in [-0.39, 0.29) is 55.4 Å². The average molecular weight is 738 g/mol. The minimum absolute atomic E-state index is 0.000783. The van der Waals surface area contributed by atoms with Crippen LogP contribution in [0.5, 0.6) is 11.5 Å². The fourth-order valence-electron chi connectivity index (χ4n) is 5.02. The zero-order valence-corrected chi connectivity index (χ0v) is 27.6. The van der Waals surface area contributed by atoms with Gasteiger partial charge in [0.05, 0.1) is 6.54 Å². The van der Waals surface area contributed by atoms with Crippen molar-refractivity contribution in [2.24, 2.45) is 5.73 Å². The Bertz CT molecular complexity index is 1820. The number of carboxylic acids is 2. The summed E-state index contributed by atoms with van der Waals surface area (Å²) in [7, 11) is 0. The third-order valence-corrected chi connectivity index (χ3v) is 7.70. The molecule has 0 bridgehead atoms. The maximum Gasteiger partial charge on any atom is 0.451 e. The second-order valence-corrected chi connectivity index (χ2v) is 11.8. The van der Waals surface area contributed by atoms with E-state index in [0.29, 0.717) is 12.1 Å². The molecule has 0 aliphatic carbocycles. The van der Waals surface area contributed by atoms with Crippen LogP contribution in [0.1, 0.15) is 34.8 Å². The third kappa shape index (κ3) is 10.2. The number of carboxylic acid groups (broad SMARTS) is 2. The van der Waals surface area contributed by atoms with Gasteiger partial charge in [-0.2, -0.15) is 13.2 Å². The smallest absolute Gasteiger partial charge is 0.451 e. The molecule has 3 atom stereocenters. The number of rotatable bonds is 11. The van der Waals surface area contributed by atoms with Crippen molar-refractivity contribution < 1.29 is 60.4 Å². The highest BCUT2D eigenvalue weighted by atomic mass is 19.4. The SMILES string of the molecule is Cc1ccc(O[C@@H](C(=O)O)[C@@H](Oc2ccc(C)cc2)C(=O)O)cc1.N[C@@H](CC(=O)N1CCn2c(nnc2C(F)(F)F)C1)Cc1cc(F)c(F)cc1F. The molecule has 1 aliphatic heterocycles. The van der Waals surface area contributed by atoms with Gasteiger partial charge in [-0.15, -0.1) is 10.2 Å². The van der Waals surface area contributed by atoms with E-state index in [9.17, 15) is 50.9 Å². The van der Waals surface area contributed by atoms with Crippen LogP contribution in [0.15, 0.2) is 60.7 Å². The maximum absolute atomic E-state index is 13.7. The molecule has 5 rings (SSSR count).